The van der Waals surface area contributed by atoms with Crippen LogP contribution >= 0.6 is 0 Å². The highest BCUT2D eigenvalue weighted by Gasteiger charge is 2.38. The lowest BCUT2D eigenvalue weighted by Gasteiger charge is -2.19. The summed E-state index contributed by atoms with van der Waals surface area (Å²) in [6, 6.07) is 0.740. The summed E-state index contributed by atoms with van der Waals surface area (Å²) in [5, 5.41) is 10.8. The Bertz CT molecular complexity index is 720. The van der Waals surface area contributed by atoms with Crippen LogP contribution in [0.4, 0.5) is 26.3 Å². The number of halogens is 6. The molecule has 0 heterocycles. The van der Waals surface area contributed by atoms with Crippen molar-refractivity contribution in [3.63, 3.8) is 0 Å². The predicted molar refractivity (Wildman–Crippen MR) is 79.1 cm³/mol. The number of esters is 1. The maximum atomic E-state index is 12.9. The van der Waals surface area contributed by atoms with Crippen molar-refractivity contribution in [2.75, 3.05) is 7.11 Å². The average Bonchev–Trinajstić information content (AvgIpc) is 2.58. The Morgan fingerprint density at radius 1 is 1.11 bits per heavy atom. The van der Waals surface area contributed by atoms with Crippen LogP contribution in [0.2, 0.25) is 0 Å². The number of carbonyl (C=O) groups excluding carboxylic acids is 2. The summed E-state index contributed by atoms with van der Waals surface area (Å²) in [4.78, 5) is 23.8. The smallest absolute Gasteiger partial charge is 0.416 e. The minimum atomic E-state index is -5.12. The van der Waals surface area contributed by atoms with E-state index in [-0.39, 0.29) is 24.6 Å². The second-order valence-electron chi connectivity index (χ2n) is 5.61. The summed E-state index contributed by atoms with van der Waals surface area (Å²) < 4.78 is 81.5. The van der Waals surface area contributed by atoms with E-state index in [0.29, 0.717) is 0 Å². The number of nitrogens with one attached hydrogen (secondary N) is 1. The van der Waals surface area contributed by atoms with Crippen LogP contribution in [0.15, 0.2) is 18.2 Å². The number of amides is 1. The third-order valence-corrected chi connectivity index (χ3v) is 3.45. The van der Waals surface area contributed by atoms with Gasteiger partial charge in [0, 0.05) is 11.5 Å². The van der Waals surface area contributed by atoms with Gasteiger partial charge in [-0.1, -0.05) is 0 Å². The van der Waals surface area contributed by atoms with E-state index in [1.54, 1.807) is 6.07 Å². The van der Waals surface area contributed by atoms with E-state index in [9.17, 15) is 35.9 Å². The Labute approximate surface area is 149 Å². The summed E-state index contributed by atoms with van der Waals surface area (Å²) in [7, 11) is 0.977. The second-order valence-corrected chi connectivity index (χ2v) is 5.61. The minimum absolute atomic E-state index is 0.119. The molecule has 0 saturated carbocycles. The molecule has 0 aliphatic rings. The van der Waals surface area contributed by atoms with Crippen molar-refractivity contribution in [2.24, 2.45) is 5.92 Å². The summed E-state index contributed by atoms with van der Waals surface area (Å²) >= 11 is 0. The Balaban J connectivity index is 3.28. The van der Waals surface area contributed by atoms with Gasteiger partial charge >= 0.3 is 18.3 Å². The van der Waals surface area contributed by atoms with Gasteiger partial charge in [0.25, 0.3) is 5.91 Å². The zero-order valence-electron chi connectivity index (χ0n) is 14.0. The first kappa shape index (κ1) is 22.3. The van der Waals surface area contributed by atoms with Gasteiger partial charge in [0.15, 0.2) is 0 Å². The molecule has 0 aromatic heterocycles. The molecule has 1 aromatic rings. The number of nitriles is 1. The van der Waals surface area contributed by atoms with Gasteiger partial charge in [0.05, 0.1) is 24.3 Å². The molecule has 5 nitrogen and oxygen atoms in total. The first-order valence-corrected chi connectivity index (χ1v) is 7.37. The molecular weight excluding hydrogens is 382 g/mol. The number of carbonyl (C=O) groups is 2. The number of hydrogen-bond donors (Lipinski definition) is 1. The van der Waals surface area contributed by atoms with Crippen molar-refractivity contribution >= 4 is 11.9 Å². The summed E-state index contributed by atoms with van der Waals surface area (Å²) in [6.45, 7) is 1.41. The molecule has 27 heavy (non-hydrogen) atoms. The Kier molecular flexibility index (Phi) is 6.83. The zero-order valence-corrected chi connectivity index (χ0v) is 14.0. The summed E-state index contributed by atoms with van der Waals surface area (Å²) in [5.41, 5.74) is -4.26. The minimum Gasteiger partial charge on any atom is -0.467 e. The maximum absolute atomic E-state index is 12.9. The van der Waals surface area contributed by atoms with Gasteiger partial charge in [-0.2, -0.15) is 31.6 Å². The zero-order chi connectivity index (χ0) is 21.0. The van der Waals surface area contributed by atoms with Crippen molar-refractivity contribution in [1.29, 1.82) is 5.26 Å². The molecule has 1 aromatic carbocycles. The third kappa shape index (κ3) is 6.16. The molecular formula is C16H14F6N2O3. The number of ether oxygens (including phenoxy) is 1. The van der Waals surface area contributed by atoms with Gasteiger partial charge in [0.2, 0.25) is 0 Å². The summed E-state index contributed by atoms with van der Waals surface area (Å²) in [5.74, 6) is -3.07. The average molecular weight is 396 g/mol. The number of benzene rings is 1. The highest BCUT2D eigenvalue weighted by Crippen LogP contribution is 2.36. The molecule has 0 radical (unpaired) electrons. The molecule has 11 heteroatoms. The van der Waals surface area contributed by atoms with Crippen LogP contribution < -0.4 is 5.32 Å². The lowest BCUT2D eigenvalue weighted by molar-refractivity contribution is -0.144. The molecule has 148 valence electrons. The fourth-order valence-electron chi connectivity index (χ4n) is 2.09. The number of hydrogen-bond acceptors (Lipinski definition) is 4. The van der Waals surface area contributed by atoms with Crippen molar-refractivity contribution in [1.82, 2.24) is 5.32 Å². The molecule has 0 aliphatic heterocycles. The molecule has 0 spiro atoms. The van der Waals surface area contributed by atoms with E-state index in [1.807, 2.05) is 5.32 Å². The first-order valence-electron chi connectivity index (χ1n) is 7.37. The van der Waals surface area contributed by atoms with Gasteiger partial charge in [-0.25, -0.2) is 4.79 Å². The largest absolute Gasteiger partial charge is 0.467 e. The van der Waals surface area contributed by atoms with Gasteiger partial charge < -0.3 is 10.1 Å². The Hall–Kier alpha value is -2.77. The molecule has 0 unspecified atom stereocenters. The van der Waals surface area contributed by atoms with Gasteiger partial charge in [-0.3, -0.25) is 4.79 Å². The fraction of sp³-hybridized carbons (Fsp3) is 0.438. The highest BCUT2D eigenvalue weighted by atomic mass is 19.4. The van der Waals surface area contributed by atoms with E-state index in [1.165, 1.54) is 6.92 Å². The molecule has 2 atom stereocenters. The van der Waals surface area contributed by atoms with Crippen LogP contribution in [0.5, 0.6) is 0 Å². The van der Waals surface area contributed by atoms with Crippen molar-refractivity contribution in [3.05, 3.63) is 34.9 Å². The van der Waals surface area contributed by atoms with E-state index in [0.717, 1.165) is 7.11 Å². The molecule has 1 amide bonds. The van der Waals surface area contributed by atoms with Gasteiger partial charge in [-0.05, 0) is 31.5 Å². The Morgan fingerprint density at radius 2 is 1.59 bits per heavy atom. The molecule has 1 N–H and O–H groups in total. The summed E-state index contributed by atoms with van der Waals surface area (Å²) in [6.07, 6.45) is -10.5. The lowest BCUT2D eigenvalue weighted by Crippen LogP contribution is -2.42. The van der Waals surface area contributed by atoms with E-state index in [4.69, 9.17) is 5.26 Å². The van der Waals surface area contributed by atoms with Crippen LogP contribution in [0.1, 0.15) is 34.8 Å². The van der Waals surface area contributed by atoms with Crippen molar-refractivity contribution in [2.45, 2.75) is 31.7 Å². The molecule has 1 rings (SSSR count). The SMILES string of the molecule is COC(=O)[C@H](C[C@H](C)C#N)NC(=O)c1cc(C(F)(F)F)cc(C(F)(F)F)c1. The van der Waals surface area contributed by atoms with E-state index < -0.39 is 52.9 Å². The van der Waals surface area contributed by atoms with Crippen molar-refractivity contribution in [3.8, 4) is 6.07 Å². The topological polar surface area (TPSA) is 79.2 Å². The monoisotopic (exact) mass is 396 g/mol. The standard InChI is InChI=1S/C16H14F6N2O3/c1-8(7-23)3-12(14(26)27-2)24-13(25)9-4-10(15(17,18)19)6-11(5-9)16(20,21)22/h4-6,8,12H,3H2,1-2H3,(H,24,25)/t8-,12-/m0/s1. The first-order chi connectivity index (χ1) is 12.3. The van der Waals surface area contributed by atoms with Crippen LogP contribution in [0.3, 0.4) is 0 Å². The van der Waals surface area contributed by atoms with Crippen LogP contribution in [0, 0.1) is 17.2 Å². The molecule has 0 saturated heterocycles. The third-order valence-electron chi connectivity index (χ3n) is 3.45. The number of alkyl halides is 6. The molecule has 0 aliphatic carbocycles. The highest BCUT2D eigenvalue weighted by molar-refractivity contribution is 5.97. The normalized spacial score (nSPS) is 14.0. The number of rotatable bonds is 5. The maximum Gasteiger partial charge on any atom is 0.416 e. The van der Waals surface area contributed by atoms with E-state index in [2.05, 4.69) is 4.74 Å². The van der Waals surface area contributed by atoms with E-state index >= 15 is 0 Å². The predicted octanol–water partition coefficient (Wildman–Crippen LogP) is 3.55. The molecule has 0 fully saturated rings. The lowest BCUT2D eigenvalue weighted by atomic mass is 10.0. The van der Waals surface area contributed by atoms with Crippen LogP contribution in [-0.4, -0.2) is 25.0 Å². The molecule has 0 bridgehead atoms. The number of nitrogens with zero attached hydrogens (tertiary/aromatic N) is 1. The quantitative estimate of drug-likeness (QED) is 0.610. The van der Waals surface area contributed by atoms with Gasteiger partial charge in [-0.15, -0.1) is 0 Å². The van der Waals surface area contributed by atoms with Crippen LogP contribution in [-0.2, 0) is 21.9 Å². The van der Waals surface area contributed by atoms with Crippen LogP contribution in [0.25, 0.3) is 0 Å². The van der Waals surface area contributed by atoms with Crippen molar-refractivity contribution < 1.29 is 40.7 Å². The Morgan fingerprint density at radius 3 is 1.96 bits per heavy atom. The second kappa shape index (κ2) is 8.28. The van der Waals surface area contributed by atoms with Gasteiger partial charge in [0.1, 0.15) is 6.04 Å². The number of methoxy groups -OCH3 is 1. The fourth-order valence-corrected chi connectivity index (χ4v) is 2.09.